The van der Waals surface area contributed by atoms with Gasteiger partial charge in [0.25, 0.3) is 5.92 Å². The summed E-state index contributed by atoms with van der Waals surface area (Å²) in [6.45, 7) is 3.23. The zero-order valence-corrected chi connectivity index (χ0v) is 27.2. The number of piperidine rings is 1. The number of carbonyl (C=O) groups excluding carboxylic acids is 2. The van der Waals surface area contributed by atoms with E-state index in [-0.39, 0.29) is 50.2 Å². The molecule has 3 aromatic heterocycles. The zero-order valence-electron chi connectivity index (χ0n) is 26.4. The summed E-state index contributed by atoms with van der Waals surface area (Å²) in [6, 6.07) is 22.8. The molecule has 2 aliphatic heterocycles. The molecule has 0 saturated carbocycles. The number of aromatic amines is 1. The Morgan fingerprint density at radius 1 is 1.00 bits per heavy atom. The molecule has 2 amide bonds. The summed E-state index contributed by atoms with van der Waals surface area (Å²) < 4.78 is 29.1. The molecule has 5 heterocycles. The second-order valence-corrected chi connectivity index (χ2v) is 13.2. The van der Waals surface area contributed by atoms with Gasteiger partial charge in [-0.1, -0.05) is 18.2 Å². The Morgan fingerprint density at radius 3 is 2.48 bits per heavy atom. The van der Waals surface area contributed by atoms with E-state index in [1.54, 1.807) is 9.80 Å². The summed E-state index contributed by atoms with van der Waals surface area (Å²) in [5.41, 5.74) is 3.10. The van der Waals surface area contributed by atoms with Gasteiger partial charge in [0.15, 0.2) is 11.0 Å². The van der Waals surface area contributed by atoms with Gasteiger partial charge in [0.2, 0.25) is 17.8 Å². The number of nitrogens with zero attached hydrogens (tertiary/aromatic N) is 7. The fraction of sp³-hybridized carbons (Fsp3) is 0.324. The first kappa shape index (κ1) is 31.8. The van der Waals surface area contributed by atoms with Crippen molar-refractivity contribution < 1.29 is 18.4 Å². The van der Waals surface area contributed by atoms with Crippen LogP contribution in [0.4, 0.5) is 31.9 Å². The number of nitrogens with one attached hydrogen (secondary N) is 2. The highest BCUT2D eigenvalue weighted by Crippen LogP contribution is 2.33. The monoisotopic (exact) mass is 671 g/mol. The van der Waals surface area contributed by atoms with Gasteiger partial charge in [-0.2, -0.15) is 10.1 Å². The summed E-state index contributed by atoms with van der Waals surface area (Å²) in [4.78, 5) is 42.5. The Balaban J connectivity index is 1.04. The number of hydrogen-bond donors (Lipinski definition) is 2. The number of H-pyrrole nitrogens is 1. The molecule has 0 radical (unpaired) electrons. The third-order valence-corrected chi connectivity index (χ3v) is 9.54. The zero-order chi connectivity index (χ0) is 33.3. The van der Waals surface area contributed by atoms with Gasteiger partial charge in [-0.05, 0) is 80.2 Å². The Kier molecular flexibility index (Phi) is 8.84. The number of alkyl halides is 2. The minimum Gasteiger partial charge on any atom is -0.342 e. The fourth-order valence-corrected chi connectivity index (χ4v) is 6.93. The topological polar surface area (TPSA) is 115 Å². The summed E-state index contributed by atoms with van der Waals surface area (Å²) in [7, 11) is 0. The third-order valence-electron chi connectivity index (χ3n) is 8.67. The first-order chi connectivity index (χ1) is 23.2. The molecule has 2 saturated heterocycles. The van der Waals surface area contributed by atoms with Crippen LogP contribution in [0.2, 0.25) is 0 Å². The van der Waals surface area contributed by atoms with Crippen LogP contribution in [-0.4, -0.2) is 84.8 Å². The van der Waals surface area contributed by atoms with E-state index in [0.717, 1.165) is 21.9 Å². The molecule has 14 heteroatoms. The Bertz CT molecular complexity index is 1900. The van der Waals surface area contributed by atoms with E-state index in [1.165, 1.54) is 11.8 Å². The standard InChI is InChI=1S/C34H35F2N9O2S/c1-23-20-28(41-40-23)37-32-39-33(38-29-8-5-16-44(29)32)48-27-11-9-26(10-12-27)45(25-6-3-2-4-7-25)30(46)22-42-17-13-24(21-42)31(47)43-18-14-34(35,36)15-19-43/h2-12,16,20,24H,13-15,17-19,21-22H2,1H3,(H2,37,38,39,40,41). The number of halogens is 2. The highest BCUT2D eigenvalue weighted by atomic mass is 32.2. The molecule has 11 nitrogen and oxygen atoms in total. The van der Waals surface area contributed by atoms with E-state index >= 15 is 0 Å². The molecule has 248 valence electrons. The van der Waals surface area contributed by atoms with Crippen LogP contribution in [0, 0.1) is 12.8 Å². The van der Waals surface area contributed by atoms with Gasteiger partial charge in [-0.25, -0.2) is 13.8 Å². The van der Waals surface area contributed by atoms with Gasteiger partial charge in [0.1, 0.15) is 5.65 Å². The van der Waals surface area contributed by atoms with Crippen molar-refractivity contribution in [1.29, 1.82) is 0 Å². The van der Waals surface area contributed by atoms with Gasteiger partial charge in [0, 0.05) is 66.7 Å². The molecule has 5 aromatic rings. The van der Waals surface area contributed by atoms with E-state index in [0.29, 0.717) is 42.1 Å². The Labute approximate surface area is 280 Å². The number of aromatic nitrogens is 5. The van der Waals surface area contributed by atoms with Gasteiger partial charge in [0.05, 0.1) is 12.5 Å². The lowest BCUT2D eigenvalue weighted by Gasteiger charge is -2.33. The van der Waals surface area contributed by atoms with Gasteiger partial charge >= 0.3 is 0 Å². The first-order valence-electron chi connectivity index (χ1n) is 15.9. The molecule has 0 spiro atoms. The molecule has 1 atom stereocenters. The minimum absolute atomic E-state index is 0.0768. The van der Waals surface area contributed by atoms with Crippen LogP contribution in [0.1, 0.15) is 25.0 Å². The molecule has 0 bridgehead atoms. The number of likely N-dealkylation sites (tertiary alicyclic amines) is 2. The van der Waals surface area contributed by atoms with E-state index < -0.39 is 5.92 Å². The quantitative estimate of drug-likeness (QED) is 0.199. The van der Waals surface area contributed by atoms with E-state index in [2.05, 4.69) is 15.5 Å². The average Bonchev–Trinajstić information content (AvgIpc) is 3.84. The van der Waals surface area contributed by atoms with E-state index in [4.69, 9.17) is 9.97 Å². The number of rotatable bonds is 9. The molecule has 7 rings (SSSR count). The maximum atomic E-state index is 13.9. The van der Waals surface area contributed by atoms with Crippen LogP contribution >= 0.6 is 11.8 Å². The molecule has 2 aromatic carbocycles. The predicted octanol–water partition coefficient (Wildman–Crippen LogP) is 5.90. The smallest absolute Gasteiger partial charge is 0.251 e. The van der Waals surface area contributed by atoms with Crippen molar-refractivity contribution in [3.63, 3.8) is 0 Å². The predicted molar refractivity (Wildman–Crippen MR) is 179 cm³/mol. The lowest BCUT2D eigenvalue weighted by atomic mass is 10.0. The molecular formula is C34H35F2N9O2S. The van der Waals surface area contributed by atoms with Crippen molar-refractivity contribution in [2.75, 3.05) is 42.9 Å². The fourth-order valence-electron chi connectivity index (χ4n) is 6.18. The second-order valence-electron chi connectivity index (χ2n) is 12.2. The third kappa shape index (κ3) is 7.04. The van der Waals surface area contributed by atoms with Crippen molar-refractivity contribution >= 4 is 52.4 Å². The highest BCUT2D eigenvalue weighted by Gasteiger charge is 2.39. The molecule has 2 fully saturated rings. The molecule has 2 N–H and O–H groups in total. The summed E-state index contributed by atoms with van der Waals surface area (Å²) in [5.74, 6) is -1.98. The normalized spacial score (nSPS) is 17.9. The number of amides is 2. The molecule has 48 heavy (non-hydrogen) atoms. The van der Waals surface area contributed by atoms with Gasteiger partial charge in [-0.15, -0.1) is 0 Å². The number of hydrogen-bond acceptors (Lipinski definition) is 8. The number of benzene rings is 2. The molecule has 2 aliphatic rings. The van der Waals surface area contributed by atoms with Crippen LogP contribution in [0.25, 0.3) is 5.65 Å². The van der Waals surface area contributed by atoms with Crippen molar-refractivity contribution in [2.24, 2.45) is 5.92 Å². The van der Waals surface area contributed by atoms with Crippen LogP contribution in [0.3, 0.4) is 0 Å². The maximum Gasteiger partial charge on any atom is 0.251 e. The number of aryl methyl sites for hydroxylation is 1. The van der Waals surface area contributed by atoms with Crippen molar-refractivity contribution in [1.82, 2.24) is 34.4 Å². The first-order valence-corrected chi connectivity index (χ1v) is 16.7. The van der Waals surface area contributed by atoms with Crippen molar-refractivity contribution in [3.05, 3.63) is 84.7 Å². The van der Waals surface area contributed by atoms with Crippen LogP contribution in [0.5, 0.6) is 0 Å². The summed E-state index contributed by atoms with van der Waals surface area (Å²) >= 11 is 1.41. The SMILES string of the molecule is Cc1cc(Nc2nc(Sc3ccc(N(C(=O)CN4CCC(C(=O)N5CCC(F)(F)CC5)C4)c4ccccc4)cc3)nc3cccn23)n[nH]1. The Hall–Kier alpha value is -4.82. The van der Waals surface area contributed by atoms with Crippen LogP contribution in [0.15, 0.2) is 89.0 Å². The maximum absolute atomic E-state index is 13.9. The lowest BCUT2D eigenvalue weighted by Crippen LogP contribution is -2.46. The molecule has 1 unspecified atom stereocenters. The van der Waals surface area contributed by atoms with E-state index in [9.17, 15) is 18.4 Å². The number of carbonyl (C=O) groups is 2. The van der Waals surface area contributed by atoms with Crippen molar-refractivity contribution in [3.8, 4) is 0 Å². The van der Waals surface area contributed by atoms with Gasteiger partial charge in [-0.3, -0.25) is 28.9 Å². The number of fused-ring (bicyclic) bond motifs is 1. The highest BCUT2D eigenvalue weighted by molar-refractivity contribution is 7.99. The summed E-state index contributed by atoms with van der Waals surface area (Å²) in [6.07, 6.45) is 1.90. The molecular weight excluding hydrogens is 636 g/mol. The number of para-hydroxylation sites is 1. The van der Waals surface area contributed by atoms with Crippen molar-refractivity contribution in [2.45, 2.75) is 42.2 Å². The Morgan fingerprint density at radius 2 is 1.75 bits per heavy atom. The summed E-state index contributed by atoms with van der Waals surface area (Å²) in [5, 5.41) is 11.0. The number of anilines is 4. The average molecular weight is 672 g/mol. The van der Waals surface area contributed by atoms with Crippen LogP contribution in [-0.2, 0) is 9.59 Å². The van der Waals surface area contributed by atoms with Gasteiger partial charge < -0.3 is 10.2 Å². The minimum atomic E-state index is -2.70. The van der Waals surface area contributed by atoms with Crippen LogP contribution < -0.4 is 10.2 Å². The van der Waals surface area contributed by atoms with E-state index in [1.807, 2.05) is 95.2 Å². The molecule has 0 aliphatic carbocycles. The largest absolute Gasteiger partial charge is 0.342 e. The second kappa shape index (κ2) is 13.4. The lowest BCUT2D eigenvalue weighted by molar-refractivity contribution is -0.141.